The summed E-state index contributed by atoms with van der Waals surface area (Å²) in [5.74, 6) is 0.0795. The summed E-state index contributed by atoms with van der Waals surface area (Å²) in [4.78, 5) is 14.5. The van der Waals surface area contributed by atoms with Crippen LogP contribution in [0.1, 0.15) is 33.8 Å². The Kier molecular flexibility index (Phi) is 3.62. The average molecular weight is 311 g/mol. The maximum absolute atomic E-state index is 13.8. The Balaban J connectivity index is 1.63. The molecule has 23 heavy (non-hydrogen) atoms. The summed E-state index contributed by atoms with van der Waals surface area (Å²) in [7, 11) is 0. The highest BCUT2D eigenvalue weighted by atomic mass is 19.1. The molecule has 4 rings (SSSR count). The smallest absolute Gasteiger partial charge is 0.258 e. The van der Waals surface area contributed by atoms with Crippen molar-refractivity contribution in [3.05, 3.63) is 65.0 Å². The number of amides is 1. The summed E-state index contributed by atoms with van der Waals surface area (Å²) in [5.41, 5.74) is 3.14. The van der Waals surface area contributed by atoms with Crippen LogP contribution in [0.15, 0.2) is 42.5 Å². The summed E-state index contributed by atoms with van der Waals surface area (Å²) in [6.45, 7) is 2.03. The number of anilines is 1. The van der Waals surface area contributed by atoms with Gasteiger partial charge in [-0.2, -0.15) is 0 Å². The van der Waals surface area contributed by atoms with Crippen molar-refractivity contribution in [2.24, 2.45) is 0 Å². The molecule has 1 fully saturated rings. The Morgan fingerprint density at radius 1 is 1.22 bits per heavy atom. The lowest BCUT2D eigenvalue weighted by atomic mass is 9.96. The predicted molar refractivity (Wildman–Crippen MR) is 86.4 cm³/mol. The number of hydrogen-bond acceptors (Lipinski definition) is 2. The number of hydrogen-bond donors (Lipinski definition) is 0. The summed E-state index contributed by atoms with van der Waals surface area (Å²) in [6.07, 6.45) is 1.57. The van der Waals surface area contributed by atoms with Crippen molar-refractivity contribution >= 4 is 11.6 Å². The molecule has 0 unspecified atom stereocenters. The first-order valence-electron chi connectivity index (χ1n) is 8.01. The Labute approximate surface area is 134 Å². The third kappa shape index (κ3) is 2.53. The highest BCUT2D eigenvalue weighted by molar-refractivity contribution is 6.07. The van der Waals surface area contributed by atoms with Crippen LogP contribution >= 0.6 is 0 Å². The van der Waals surface area contributed by atoms with Gasteiger partial charge in [-0.25, -0.2) is 4.39 Å². The SMILES string of the molecule is O=C(c1cccc([C@@H]2CCOC2)c1)N1CCc2c(F)cccc21. The van der Waals surface area contributed by atoms with Crippen molar-refractivity contribution in [3.63, 3.8) is 0 Å². The van der Waals surface area contributed by atoms with Crippen LogP contribution in [0, 0.1) is 5.82 Å². The lowest BCUT2D eigenvalue weighted by Crippen LogP contribution is -2.29. The van der Waals surface area contributed by atoms with Crippen molar-refractivity contribution in [2.75, 3.05) is 24.7 Å². The van der Waals surface area contributed by atoms with Gasteiger partial charge in [0.15, 0.2) is 0 Å². The third-order valence-electron chi connectivity index (χ3n) is 4.75. The van der Waals surface area contributed by atoms with E-state index in [4.69, 9.17) is 4.74 Å². The van der Waals surface area contributed by atoms with Crippen molar-refractivity contribution in [3.8, 4) is 0 Å². The molecular weight excluding hydrogens is 293 g/mol. The number of ether oxygens (including phenoxy) is 1. The van der Waals surface area contributed by atoms with Crippen LogP contribution in [0.3, 0.4) is 0 Å². The standard InChI is InChI=1S/C19H18FNO2/c20-17-5-2-6-18-16(17)7-9-21(18)19(22)14-4-1-3-13(11-14)15-8-10-23-12-15/h1-6,11,15H,7-10,12H2/t15-/m1/s1. The van der Waals surface area contributed by atoms with E-state index < -0.39 is 0 Å². The highest BCUT2D eigenvalue weighted by Gasteiger charge is 2.28. The first-order chi connectivity index (χ1) is 11.2. The fourth-order valence-corrected chi connectivity index (χ4v) is 3.48. The van der Waals surface area contributed by atoms with Crippen LogP contribution in [0.25, 0.3) is 0 Å². The molecule has 0 aliphatic carbocycles. The van der Waals surface area contributed by atoms with E-state index in [2.05, 4.69) is 0 Å². The minimum Gasteiger partial charge on any atom is -0.381 e. The lowest BCUT2D eigenvalue weighted by Gasteiger charge is -2.18. The number of nitrogens with zero attached hydrogens (tertiary/aromatic N) is 1. The van der Waals surface area contributed by atoms with Gasteiger partial charge in [-0.1, -0.05) is 18.2 Å². The van der Waals surface area contributed by atoms with Crippen molar-refractivity contribution in [2.45, 2.75) is 18.8 Å². The van der Waals surface area contributed by atoms with Gasteiger partial charge in [0, 0.05) is 30.2 Å². The molecule has 2 aliphatic rings. The lowest BCUT2D eigenvalue weighted by molar-refractivity contribution is 0.0989. The molecule has 118 valence electrons. The number of carbonyl (C=O) groups is 1. The van der Waals surface area contributed by atoms with Gasteiger partial charge in [-0.15, -0.1) is 0 Å². The molecule has 0 aromatic heterocycles. The first kappa shape index (κ1) is 14.4. The molecule has 2 aromatic carbocycles. The van der Waals surface area contributed by atoms with Crippen molar-refractivity contribution in [1.29, 1.82) is 0 Å². The number of halogens is 1. The molecule has 1 atom stereocenters. The molecule has 0 radical (unpaired) electrons. The van der Waals surface area contributed by atoms with E-state index in [1.165, 1.54) is 6.07 Å². The Morgan fingerprint density at radius 2 is 2.09 bits per heavy atom. The number of rotatable bonds is 2. The third-order valence-corrected chi connectivity index (χ3v) is 4.75. The molecule has 0 saturated carbocycles. The van der Waals surface area contributed by atoms with E-state index in [1.807, 2.05) is 30.3 Å². The van der Waals surface area contributed by atoms with Crippen LogP contribution in [0.4, 0.5) is 10.1 Å². The molecule has 2 aromatic rings. The van der Waals surface area contributed by atoms with Crippen molar-refractivity contribution < 1.29 is 13.9 Å². The predicted octanol–water partition coefficient (Wildman–Crippen LogP) is 3.53. The van der Waals surface area contributed by atoms with Gasteiger partial charge in [0.05, 0.1) is 12.3 Å². The number of benzene rings is 2. The largest absolute Gasteiger partial charge is 0.381 e. The van der Waals surface area contributed by atoms with Crippen LogP contribution in [-0.2, 0) is 11.2 Å². The topological polar surface area (TPSA) is 29.5 Å². The molecule has 4 heteroatoms. The fraction of sp³-hybridized carbons (Fsp3) is 0.316. The molecule has 1 saturated heterocycles. The van der Waals surface area contributed by atoms with Gasteiger partial charge in [-0.3, -0.25) is 4.79 Å². The minimum atomic E-state index is -0.227. The van der Waals surface area contributed by atoms with Gasteiger partial charge in [-0.05, 0) is 42.7 Å². The second kappa shape index (κ2) is 5.78. The van der Waals surface area contributed by atoms with E-state index in [1.54, 1.807) is 11.0 Å². The normalized spacial score (nSPS) is 19.9. The number of fused-ring (bicyclic) bond motifs is 1. The van der Waals surface area contributed by atoms with Crippen molar-refractivity contribution in [1.82, 2.24) is 0 Å². The maximum Gasteiger partial charge on any atom is 0.258 e. The highest BCUT2D eigenvalue weighted by Crippen LogP contribution is 2.32. The fourth-order valence-electron chi connectivity index (χ4n) is 3.48. The molecule has 2 heterocycles. The first-order valence-corrected chi connectivity index (χ1v) is 8.01. The number of carbonyl (C=O) groups excluding carboxylic acids is 1. The second-order valence-corrected chi connectivity index (χ2v) is 6.13. The van der Waals surface area contributed by atoms with Gasteiger partial charge < -0.3 is 9.64 Å². The van der Waals surface area contributed by atoms with Gasteiger partial charge in [0.2, 0.25) is 0 Å². The minimum absolute atomic E-state index is 0.0601. The summed E-state index contributed by atoms with van der Waals surface area (Å²) < 4.78 is 19.3. The molecule has 0 bridgehead atoms. The van der Waals surface area contributed by atoms with E-state index in [9.17, 15) is 9.18 Å². The van der Waals surface area contributed by atoms with Gasteiger partial charge in [0.25, 0.3) is 5.91 Å². The van der Waals surface area contributed by atoms with E-state index in [0.717, 1.165) is 25.2 Å². The van der Waals surface area contributed by atoms with Crippen LogP contribution in [0.2, 0.25) is 0 Å². The zero-order valence-corrected chi connectivity index (χ0v) is 12.8. The molecule has 3 nitrogen and oxygen atoms in total. The van der Waals surface area contributed by atoms with Crippen LogP contribution in [0.5, 0.6) is 0 Å². The Hall–Kier alpha value is -2.20. The molecule has 2 aliphatic heterocycles. The molecule has 1 amide bonds. The zero-order chi connectivity index (χ0) is 15.8. The Bertz CT molecular complexity index is 753. The molecular formula is C19H18FNO2. The van der Waals surface area contributed by atoms with E-state index in [0.29, 0.717) is 35.7 Å². The average Bonchev–Trinajstić information content (AvgIpc) is 3.25. The van der Waals surface area contributed by atoms with E-state index >= 15 is 0 Å². The monoisotopic (exact) mass is 311 g/mol. The maximum atomic E-state index is 13.8. The van der Waals surface area contributed by atoms with E-state index in [-0.39, 0.29) is 11.7 Å². The zero-order valence-electron chi connectivity index (χ0n) is 12.8. The second-order valence-electron chi connectivity index (χ2n) is 6.13. The molecule has 0 N–H and O–H groups in total. The quantitative estimate of drug-likeness (QED) is 0.849. The van der Waals surface area contributed by atoms with Gasteiger partial charge in [0.1, 0.15) is 5.82 Å². The van der Waals surface area contributed by atoms with Gasteiger partial charge >= 0.3 is 0 Å². The summed E-state index contributed by atoms with van der Waals surface area (Å²) in [5, 5.41) is 0. The van der Waals surface area contributed by atoms with Crippen LogP contribution in [-0.4, -0.2) is 25.7 Å². The molecule has 0 spiro atoms. The van der Waals surface area contributed by atoms with Crippen LogP contribution < -0.4 is 4.90 Å². The summed E-state index contributed by atoms with van der Waals surface area (Å²) >= 11 is 0. The summed E-state index contributed by atoms with van der Waals surface area (Å²) in [6, 6.07) is 12.7. The Morgan fingerprint density at radius 3 is 2.91 bits per heavy atom.